The van der Waals surface area contributed by atoms with Crippen molar-refractivity contribution in [3.63, 3.8) is 0 Å². The first-order chi connectivity index (χ1) is 8.93. The first-order valence-corrected chi connectivity index (χ1v) is 7.63. The Bertz CT molecular complexity index is 308. The smallest absolute Gasteiger partial charge is 0.0589 e. The van der Waals surface area contributed by atoms with Crippen LogP contribution in [0.3, 0.4) is 0 Å². The largest absolute Gasteiger partial charge is 0.381 e. The van der Waals surface area contributed by atoms with Gasteiger partial charge in [-0.2, -0.15) is 0 Å². The molecule has 4 nitrogen and oxygen atoms in total. The van der Waals surface area contributed by atoms with E-state index in [1.165, 1.54) is 19.3 Å². The van der Waals surface area contributed by atoms with Gasteiger partial charge in [-0.25, -0.2) is 0 Å². The number of nitrogens with two attached hydrogens (primary N) is 1. The first kappa shape index (κ1) is 15.2. The van der Waals surface area contributed by atoms with E-state index in [0.717, 1.165) is 32.6 Å². The average molecular weight is 269 g/mol. The number of likely N-dealkylation sites (N-methyl/N-ethyl adjacent to an activating group) is 1. The number of hydrogen-bond acceptors (Lipinski definition) is 4. The number of methoxy groups -OCH3 is 1. The summed E-state index contributed by atoms with van der Waals surface area (Å²) in [6, 6.07) is 0. The van der Waals surface area contributed by atoms with Crippen LogP contribution in [0.1, 0.15) is 39.5 Å². The van der Waals surface area contributed by atoms with Gasteiger partial charge in [0, 0.05) is 44.4 Å². The zero-order valence-electron chi connectivity index (χ0n) is 13.1. The molecule has 0 aromatic carbocycles. The molecule has 1 saturated carbocycles. The van der Waals surface area contributed by atoms with Crippen molar-refractivity contribution in [2.24, 2.45) is 5.73 Å². The molecule has 0 aromatic rings. The molecule has 0 radical (unpaired) electrons. The molecular weight excluding hydrogens is 238 g/mol. The molecule has 2 aliphatic rings. The molecule has 2 unspecified atom stereocenters. The highest BCUT2D eigenvalue weighted by Gasteiger charge is 2.44. The standard InChI is InChI=1S/C15H31N3O/c1-14(2)12-18(9-8-17(14)3)15(11-16)7-5-6-13(10-15)19-4/h13H,5-12,16H2,1-4H3. The van der Waals surface area contributed by atoms with Crippen molar-refractivity contribution < 1.29 is 4.74 Å². The van der Waals surface area contributed by atoms with Gasteiger partial charge in [0.05, 0.1) is 6.10 Å². The second-order valence-electron chi connectivity index (χ2n) is 7.04. The van der Waals surface area contributed by atoms with Crippen LogP contribution < -0.4 is 5.73 Å². The van der Waals surface area contributed by atoms with Gasteiger partial charge in [0.2, 0.25) is 0 Å². The van der Waals surface area contributed by atoms with Crippen molar-refractivity contribution in [3.8, 4) is 0 Å². The predicted molar refractivity (Wildman–Crippen MR) is 79.3 cm³/mol. The molecule has 2 atom stereocenters. The SMILES string of the molecule is COC1CCCC(CN)(N2CCN(C)C(C)(C)C2)C1. The number of ether oxygens (including phenoxy) is 1. The number of nitrogens with zero attached hydrogens (tertiary/aromatic N) is 2. The summed E-state index contributed by atoms with van der Waals surface area (Å²) < 4.78 is 5.62. The van der Waals surface area contributed by atoms with Crippen LogP contribution in [0.4, 0.5) is 0 Å². The van der Waals surface area contributed by atoms with E-state index in [1.807, 2.05) is 7.11 Å². The third kappa shape index (κ3) is 2.97. The highest BCUT2D eigenvalue weighted by atomic mass is 16.5. The molecule has 0 aromatic heterocycles. The van der Waals surface area contributed by atoms with E-state index in [9.17, 15) is 0 Å². The highest BCUT2D eigenvalue weighted by molar-refractivity contribution is 5.02. The minimum Gasteiger partial charge on any atom is -0.381 e. The van der Waals surface area contributed by atoms with Gasteiger partial charge in [-0.3, -0.25) is 9.80 Å². The molecule has 19 heavy (non-hydrogen) atoms. The third-order valence-electron chi connectivity index (χ3n) is 5.48. The zero-order chi connectivity index (χ0) is 14.1. The lowest BCUT2D eigenvalue weighted by molar-refractivity contribution is -0.0666. The molecule has 112 valence electrons. The summed E-state index contributed by atoms with van der Waals surface area (Å²) in [6.45, 7) is 8.80. The van der Waals surface area contributed by atoms with Crippen LogP contribution >= 0.6 is 0 Å². The van der Waals surface area contributed by atoms with Crippen molar-refractivity contribution in [3.05, 3.63) is 0 Å². The Morgan fingerprint density at radius 3 is 2.63 bits per heavy atom. The normalized spacial score (nSPS) is 37.4. The summed E-state index contributed by atoms with van der Waals surface area (Å²) >= 11 is 0. The Kier molecular flexibility index (Phi) is 4.56. The van der Waals surface area contributed by atoms with Crippen LogP contribution in [-0.4, -0.2) is 67.3 Å². The number of hydrogen-bond donors (Lipinski definition) is 1. The van der Waals surface area contributed by atoms with Gasteiger partial charge in [0.15, 0.2) is 0 Å². The van der Waals surface area contributed by atoms with Crippen LogP contribution in [-0.2, 0) is 4.74 Å². The van der Waals surface area contributed by atoms with Gasteiger partial charge in [0.1, 0.15) is 0 Å². The molecule has 1 aliphatic heterocycles. The molecule has 1 saturated heterocycles. The molecular formula is C15H31N3O. The molecule has 0 spiro atoms. The maximum atomic E-state index is 6.20. The lowest BCUT2D eigenvalue weighted by Gasteiger charge is -2.55. The Hall–Kier alpha value is -0.160. The van der Waals surface area contributed by atoms with Crippen LogP contribution in [0, 0.1) is 0 Å². The maximum Gasteiger partial charge on any atom is 0.0589 e. The summed E-state index contributed by atoms with van der Waals surface area (Å²) in [5.41, 5.74) is 6.60. The van der Waals surface area contributed by atoms with E-state index >= 15 is 0 Å². The number of rotatable bonds is 3. The molecule has 2 N–H and O–H groups in total. The van der Waals surface area contributed by atoms with Crippen LogP contribution in [0.2, 0.25) is 0 Å². The van der Waals surface area contributed by atoms with Gasteiger partial charge >= 0.3 is 0 Å². The van der Waals surface area contributed by atoms with Gasteiger partial charge in [-0.15, -0.1) is 0 Å². The van der Waals surface area contributed by atoms with E-state index in [0.29, 0.717) is 6.10 Å². The molecule has 2 fully saturated rings. The van der Waals surface area contributed by atoms with Gasteiger partial charge in [-0.1, -0.05) is 0 Å². The van der Waals surface area contributed by atoms with Gasteiger partial charge in [0.25, 0.3) is 0 Å². The fourth-order valence-corrected chi connectivity index (χ4v) is 3.73. The zero-order valence-corrected chi connectivity index (χ0v) is 13.1. The molecule has 1 aliphatic carbocycles. The Morgan fingerprint density at radius 1 is 1.32 bits per heavy atom. The Morgan fingerprint density at radius 2 is 2.05 bits per heavy atom. The predicted octanol–water partition coefficient (Wildman–Crippen LogP) is 1.30. The summed E-state index contributed by atoms with van der Waals surface area (Å²) in [7, 11) is 4.07. The van der Waals surface area contributed by atoms with E-state index in [4.69, 9.17) is 10.5 Å². The van der Waals surface area contributed by atoms with E-state index in [1.54, 1.807) is 0 Å². The number of piperazine rings is 1. The minimum absolute atomic E-state index is 0.164. The van der Waals surface area contributed by atoms with Crippen LogP contribution in [0.5, 0.6) is 0 Å². The minimum atomic E-state index is 0.164. The molecule has 0 bridgehead atoms. The van der Waals surface area contributed by atoms with E-state index in [-0.39, 0.29) is 11.1 Å². The van der Waals surface area contributed by atoms with Crippen molar-refractivity contribution in [1.82, 2.24) is 9.80 Å². The molecule has 4 heteroatoms. The van der Waals surface area contributed by atoms with Crippen molar-refractivity contribution >= 4 is 0 Å². The highest BCUT2D eigenvalue weighted by Crippen LogP contribution is 2.36. The summed E-state index contributed by atoms with van der Waals surface area (Å²) in [5.74, 6) is 0. The van der Waals surface area contributed by atoms with Crippen molar-refractivity contribution in [1.29, 1.82) is 0 Å². The van der Waals surface area contributed by atoms with Gasteiger partial charge < -0.3 is 10.5 Å². The quantitative estimate of drug-likeness (QED) is 0.838. The molecule has 1 heterocycles. The van der Waals surface area contributed by atoms with E-state index in [2.05, 4.69) is 30.7 Å². The van der Waals surface area contributed by atoms with Crippen molar-refractivity contribution in [2.75, 3.05) is 40.3 Å². The second kappa shape index (κ2) is 5.68. The fraction of sp³-hybridized carbons (Fsp3) is 1.00. The summed E-state index contributed by atoms with van der Waals surface area (Å²) in [6.07, 6.45) is 5.14. The lowest BCUT2D eigenvalue weighted by Crippen LogP contribution is -2.67. The van der Waals surface area contributed by atoms with Crippen LogP contribution in [0.15, 0.2) is 0 Å². The fourth-order valence-electron chi connectivity index (χ4n) is 3.73. The first-order valence-electron chi connectivity index (χ1n) is 7.63. The topological polar surface area (TPSA) is 41.7 Å². The second-order valence-corrected chi connectivity index (χ2v) is 7.04. The Labute approximate surface area is 118 Å². The van der Waals surface area contributed by atoms with Crippen molar-refractivity contribution in [2.45, 2.75) is 56.7 Å². The third-order valence-corrected chi connectivity index (χ3v) is 5.48. The van der Waals surface area contributed by atoms with Crippen LogP contribution in [0.25, 0.3) is 0 Å². The molecule has 0 amide bonds. The Balaban J connectivity index is 2.13. The lowest BCUT2D eigenvalue weighted by atomic mass is 9.77. The summed E-state index contributed by atoms with van der Waals surface area (Å²) in [4.78, 5) is 5.11. The average Bonchev–Trinajstić information content (AvgIpc) is 2.41. The van der Waals surface area contributed by atoms with Gasteiger partial charge in [-0.05, 0) is 46.6 Å². The monoisotopic (exact) mass is 269 g/mol. The summed E-state index contributed by atoms with van der Waals surface area (Å²) in [5, 5.41) is 0. The molecule has 2 rings (SSSR count). The maximum absolute atomic E-state index is 6.20. The van der Waals surface area contributed by atoms with E-state index < -0.39 is 0 Å².